The van der Waals surface area contributed by atoms with E-state index in [0.717, 1.165) is 78.4 Å². The van der Waals surface area contributed by atoms with Gasteiger partial charge in [0.15, 0.2) is 0 Å². The average molecular weight is 831 g/mol. The summed E-state index contributed by atoms with van der Waals surface area (Å²) in [5, 5.41) is 5.87. The Balaban J connectivity index is 1.00. The van der Waals surface area contributed by atoms with Crippen molar-refractivity contribution in [1.82, 2.24) is 9.97 Å². The van der Waals surface area contributed by atoms with Crippen molar-refractivity contribution in [2.45, 2.75) is 118 Å². The number of carbonyl (C=O) groups excluding carboxylic acids is 2. The van der Waals surface area contributed by atoms with E-state index in [1.807, 2.05) is 109 Å². The van der Waals surface area contributed by atoms with Crippen molar-refractivity contribution in [3.63, 3.8) is 0 Å². The van der Waals surface area contributed by atoms with Crippen LogP contribution in [-0.4, -0.2) is 22.2 Å². The summed E-state index contributed by atoms with van der Waals surface area (Å²) >= 11 is 0. The summed E-state index contributed by atoms with van der Waals surface area (Å²) < 4.78 is 11.2. The summed E-state index contributed by atoms with van der Waals surface area (Å²) in [4.78, 5) is 35.1. The third-order valence-corrected chi connectivity index (χ3v) is 10.9. The van der Waals surface area contributed by atoms with E-state index >= 15 is 0 Å². The van der Waals surface area contributed by atoms with E-state index in [2.05, 4.69) is 106 Å². The Morgan fingerprint density at radius 3 is 0.968 bits per heavy atom. The fourth-order valence-electron chi connectivity index (χ4n) is 6.76. The minimum Gasteiger partial charge on any atom is -0.444 e. The number of hydrogen-bond donors (Lipinski definition) is 2. The Morgan fingerprint density at radius 2 is 0.710 bits per heavy atom. The Kier molecular flexibility index (Phi) is 13.1. The van der Waals surface area contributed by atoms with Gasteiger partial charge in [0.25, 0.3) is 0 Å². The molecule has 0 bridgehead atoms. The van der Waals surface area contributed by atoms with Gasteiger partial charge in [-0.2, -0.15) is 0 Å². The molecule has 2 heterocycles. The first-order valence-electron chi connectivity index (χ1n) is 21.3. The molecule has 4 aromatic carbocycles. The number of carbonyl (C=O) groups is 2. The van der Waals surface area contributed by atoms with E-state index in [4.69, 9.17) is 19.4 Å². The van der Waals surface area contributed by atoms with Crippen molar-refractivity contribution in [2.75, 3.05) is 10.6 Å². The van der Waals surface area contributed by atoms with E-state index < -0.39 is 12.2 Å². The van der Waals surface area contributed by atoms with Gasteiger partial charge in [0.1, 0.15) is 13.2 Å². The van der Waals surface area contributed by atoms with Gasteiger partial charge in [-0.1, -0.05) is 156 Å². The van der Waals surface area contributed by atoms with Gasteiger partial charge in [-0.05, 0) is 103 Å². The second-order valence-electron chi connectivity index (χ2n) is 20.3. The van der Waals surface area contributed by atoms with Crippen molar-refractivity contribution in [1.29, 1.82) is 0 Å². The highest BCUT2D eigenvalue weighted by atomic mass is 16.6. The van der Waals surface area contributed by atoms with Crippen molar-refractivity contribution in [2.24, 2.45) is 0 Å². The molecule has 2 aromatic heterocycles. The van der Waals surface area contributed by atoms with Crippen LogP contribution in [0.4, 0.5) is 21.0 Å². The molecule has 0 saturated carbocycles. The maximum atomic E-state index is 12.8. The van der Waals surface area contributed by atoms with E-state index in [9.17, 15) is 9.59 Å². The number of aromatic nitrogens is 2. The molecular formula is C54H62N4O4. The SMILES string of the molecule is CC(C)(C)c1cc(NC(=O)OCc2ccc(-c3ccc(-c4ccc(-c5ccc(COC(=O)Nc6cc(C(C)(C)C)cc(C(C)(C)C)c6)cc5)cn4)nc3)cc2)cc(C(C)(C)C)c1. The number of amides is 2. The first-order chi connectivity index (χ1) is 29.0. The van der Waals surface area contributed by atoms with Crippen molar-refractivity contribution < 1.29 is 19.1 Å². The van der Waals surface area contributed by atoms with Crippen molar-refractivity contribution in [3.8, 4) is 33.6 Å². The number of nitrogens with zero attached hydrogens (tertiary/aromatic N) is 2. The first-order valence-corrected chi connectivity index (χ1v) is 21.3. The first kappa shape index (κ1) is 45.3. The smallest absolute Gasteiger partial charge is 0.411 e. The summed E-state index contributed by atoms with van der Waals surface area (Å²) in [5.74, 6) is 0. The van der Waals surface area contributed by atoms with Crippen molar-refractivity contribution in [3.05, 3.63) is 155 Å². The molecule has 8 nitrogen and oxygen atoms in total. The molecule has 0 unspecified atom stereocenters. The minimum atomic E-state index is -0.489. The number of benzene rings is 4. The molecule has 0 spiro atoms. The number of ether oxygens (including phenoxy) is 2. The highest BCUT2D eigenvalue weighted by Gasteiger charge is 2.23. The molecule has 0 aliphatic heterocycles. The van der Waals surface area contributed by atoms with Crippen LogP contribution < -0.4 is 10.6 Å². The number of hydrogen-bond acceptors (Lipinski definition) is 6. The van der Waals surface area contributed by atoms with Crippen LogP contribution in [0.1, 0.15) is 116 Å². The highest BCUT2D eigenvalue weighted by Crippen LogP contribution is 2.34. The predicted molar refractivity (Wildman–Crippen MR) is 254 cm³/mol. The number of anilines is 2. The summed E-state index contributed by atoms with van der Waals surface area (Å²) in [6.07, 6.45) is 2.70. The standard InChI is InChI=1S/C54H62N4O4/c1-51(2,3)41-25-42(52(4,5)6)28-45(27-41)57-49(59)61-33-35-13-17-37(18-14-35)39-21-23-47(55-31-39)48-24-22-40(32-56-48)38-19-15-36(16-20-38)34-62-50(60)58-46-29-43(53(7,8)9)26-44(30-46)54(10,11)12/h13-32H,33-34H2,1-12H3,(H,57,59)(H,58,60). The molecule has 0 radical (unpaired) electrons. The zero-order valence-corrected chi connectivity index (χ0v) is 38.5. The molecule has 0 fully saturated rings. The van der Waals surface area contributed by atoms with Gasteiger partial charge in [0.05, 0.1) is 11.4 Å². The maximum Gasteiger partial charge on any atom is 0.411 e. The molecule has 2 N–H and O–H groups in total. The normalized spacial score (nSPS) is 12.1. The summed E-state index contributed by atoms with van der Waals surface area (Å²) in [6, 6.07) is 36.4. The Hall–Kier alpha value is -6.28. The van der Waals surface area contributed by atoms with Gasteiger partial charge < -0.3 is 9.47 Å². The number of pyridine rings is 2. The van der Waals surface area contributed by atoms with Crippen LogP contribution in [0.15, 0.2) is 122 Å². The second kappa shape index (κ2) is 18.0. The molecule has 0 aliphatic rings. The lowest BCUT2D eigenvalue weighted by molar-refractivity contribution is 0.154. The Labute approximate surface area is 368 Å². The zero-order valence-electron chi connectivity index (χ0n) is 38.5. The largest absolute Gasteiger partial charge is 0.444 e. The summed E-state index contributed by atoms with van der Waals surface area (Å²) in [7, 11) is 0. The molecule has 8 heteroatoms. The molecule has 0 atom stereocenters. The van der Waals surface area contributed by atoms with Gasteiger partial charge in [-0.15, -0.1) is 0 Å². The van der Waals surface area contributed by atoms with Crippen LogP contribution in [0.3, 0.4) is 0 Å². The maximum absolute atomic E-state index is 12.8. The van der Waals surface area contributed by atoms with Gasteiger partial charge in [0.2, 0.25) is 0 Å². The predicted octanol–water partition coefficient (Wildman–Crippen LogP) is 14.2. The topological polar surface area (TPSA) is 102 Å². The average Bonchev–Trinajstić information content (AvgIpc) is 3.21. The fraction of sp³-hybridized carbons (Fsp3) is 0.333. The minimum absolute atomic E-state index is 0.0580. The molecular weight excluding hydrogens is 769 g/mol. The van der Waals surface area contributed by atoms with E-state index in [1.165, 1.54) is 0 Å². The van der Waals surface area contributed by atoms with Gasteiger partial charge >= 0.3 is 12.2 Å². The monoisotopic (exact) mass is 830 g/mol. The van der Waals surface area contributed by atoms with Gasteiger partial charge in [-0.25, -0.2) is 9.59 Å². The number of rotatable bonds is 9. The lowest BCUT2D eigenvalue weighted by Crippen LogP contribution is -2.19. The van der Waals surface area contributed by atoms with E-state index in [0.29, 0.717) is 0 Å². The molecule has 62 heavy (non-hydrogen) atoms. The molecule has 322 valence electrons. The van der Waals surface area contributed by atoms with Crippen LogP contribution in [0.5, 0.6) is 0 Å². The van der Waals surface area contributed by atoms with Crippen LogP contribution >= 0.6 is 0 Å². The molecule has 6 aromatic rings. The lowest BCUT2D eigenvalue weighted by Gasteiger charge is -2.26. The van der Waals surface area contributed by atoms with Gasteiger partial charge in [0, 0.05) is 34.9 Å². The Morgan fingerprint density at radius 1 is 0.419 bits per heavy atom. The molecule has 2 amide bonds. The number of nitrogens with one attached hydrogen (secondary N) is 2. The fourth-order valence-corrected chi connectivity index (χ4v) is 6.76. The Bertz CT molecular complexity index is 2250. The summed E-state index contributed by atoms with van der Waals surface area (Å²) in [5.41, 5.74) is 13.1. The van der Waals surface area contributed by atoms with Crippen molar-refractivity contribution >= 4 is 23.6 Å². The van der Waals surface area contributed by atoms with Crippen LogP contribution in [0.2, 0.25) is 0 Å². The van der Waals surface area contributed by atoms with Crippen LogP contribution in [0.25, 0.3) is 33.6 Å². The van der Waals surface area contributed by atoms with Gasteiger partial charge in [-0.3, -0.25) is 20.6 Å². The lowest BCUT2D eigenvalue weighted by atomic mass is 9.80. The zero-order chi connectivity index (χ0) is 45.0. The molecule has 0 saturated heterocycles. The third kappa shape index (κ3) is 12.0. The van der Waals surface area contributed by atoms with E-state index in [-0.39, 0.29) is 34.9 Å². The summed E-state index contributed by atoms with van der Waals surface area (Å²) in [6.45, 7) is 26.3. The van der Waals surface area contributed by atoms with Crippen LogP contribution in [0, 0.1) is 0 Å². The quantitative estimate of drug-likeness (QED) is 0.150. The second-order valence-corrected chi connectivity index (χ2v) is 20.3. The molecule has 0 aliphatic carbocycles. The molecule has 6 rings (SSSR count). The van der Waals surface area contributed by atoms with E-state index in [1.54, 1.807) is 0 Å². The van der Waals surface area contributed by atoms with Crippen LogP contribution in [-0.2, 0) is 44.3 Å². The third-order valence-electron chi connectivity index (χ3n) is 10.9. The highest BCUT2D eigenvalue weighted by molar-refractivity contribution is 5.86.